The Morgan fingerprint density at radius 1 is 1.37 bits per heavy atom. The van der Waals surface area contributed by atoms with Crippen molar-refractivity contribution in [2.75, 3.05) is 5.32 Å². The predicted molar refractivity (Wildman–Crippen MR) is 77.4 cm³/mol. The predicted octanol–water partition coefficient (Wildman–Crippen LogP) is 3.59. The molecule has 1 rings (SSSR count). The van der Waals surface area contributed by atoms with Gasteiger partial charge in [0, 0.05) is 21.6 Å². The van der Waals surface area contributed by atoms with E-state index >= 15 is 0 Å². The maximum Gasteiger partial charge on any atom is 0.319 e. The number of nitrogens with one attached hydrogen (secondary N) is 2. The van der Waals surface area contributed by atoms with Crippen LogP contribution in [0.25, 0.3) is 0 Å². The first-order valence-electron chi connectivity index (χ1n) is 5.64. The Hall–Kier alpha value is -1.63. The number of nitro benzene ring substituents is 1. The minimum absolute atomic E-state index is 0.0331. The Bertz CT molecular complexity index is 524. The van der Waals surface area contributed by atoms with Crippen LogP contribution in [-0.2, 0) is 0 Å². The van der Waals surface area contributed by atoms with E-state index in [0.29, 0.717) is 15.7 Å². The lowest BCUT2D eigenvalue weighted by atomic mass is 10.1. The molecule has 6 nitrogen and oxygen atoms in total. The minimum atomic E-state index is -0.478. The number of nitrogens with zero attached hydrogens (tertiary/aromatic N) is 1. The fourth-order valence-corrected chi connectivity index (χ4v) is 2.00. The Morgan fingerprint density at radius 2 is 1.95 bits per heavy atom. The third-order valence-corrected chi connectivity index (χ3v) is 2.88. The van der Waals surface area contributed by atoms with E-state index < -0.39 is 11.0 Å². The van der Waals surface area contributed by atoms with Crippen LogP contribution in [0.4, 0.5) is 16.2 Å². The van der Waals surface area contributed by atoms with Gasteiger partial charge in [0.25, 0.3) is 5.69 Å². The molecule has 0 aromatic heterocycles. The van der Waals surface area contributed by atoms with Gasteiger partial charge in [-0.2, -0.15) is 0 Å². The van der Waals surface area contributed by atoms with Gasteiger partial charge in [0.2, 0.25) is 0 Å². The number of halogens is 1. The maximum atomic E-state index is 11.7. The van der Waals surface area contributed by atoms with Crippen LogP contribution in [0.3, 0.4) is 0 Å². The van der Waals surface area contributed by atoms with Crippen LogP contribution < -0.4 is 10.6 Å². The minimum Gasteiger partial charge on any atom is -0.333 e. The van der Waals surface area contributed by atoms with Crippen LogP contribution in [0.15, 0.2) is 16.6 Å². The summed E-state index contributed by atoms with van der Waals surface area (Å²) in [5.41, 5.74) is 0.472. The van der Waals surface area contributed by atoms with Gasteiger partial charge in [-0.1, -0.05) is 0 Å². The van der Waals surface area contributed by atoms with Crippen molar-refractivity contribution in [3.63, 3.8) is 0 Å². The molecule has 0 aliphatic rings. The number of urea groups is 1. The quantitative estimate of drug-likeness (QED) is 0.642. The van der Waals surface area contributed by atoms with Gasteiger partial charge in [0.1, 0.15) is 0 Å². The third kappa shape index (κ3) is 4.51. The number of nitro groups is 1. The summed E-state index contributed by atoms with van der Waals surface area (Å²) in [7, 11) is 0. The molecule has 104 valence electrons. The number of rotatable bonds is 2. The molecule has 1 aromatic carbocycles. The van der Waals surface area contributed by atoms with Crippen molar-refractivity contribution < 1.29 is 9.72 Å². The normalized spacial score (nSPS) is 11.0. The highest BCUT2D eigenvalue weighted by Gasteiger charge is 2.18. The van der Waals surface area contributed by atoms with Crippen LogP contribution in [0.2, 0.25) is 0 Å². The fraction of sp³-hybridized carbons (Fsp3) is 0.417. The molecule has 0 spiro atoms. The second-order valence-electron chi connectivity index (χ2n) is 5.20. The first kappa shape index (κ1) is 15.4. The highest BCUT2D eigenvalue weighted by atomic mass is 79.9. The summed E-state index contributed by atoms with van der Waals surface area (Å²) in [6.45, 7) is 7.18. The van der Waals surface area contributed by atoms with Crippen molar-refractivity contribution in [1.82, 2.24) is 5.32 Å². The van der Waals surface area contributed by atoms with Gasteiger partial charge >= 0.3 is 6.03 Å². The highest BCUT2D eigenvalue weighted by molar-refractivity contribution is 9.10. The molecule has 0 saturated carbocycles. The largest absolute Gasteiger partial charge is 0.333 e. The summed E-state index contributed by atoms with van der Waals surface area (Å²) in [6, 6.07) is 2.53. The molecule has 0 heterocycles. The lowest BCUT2D eigenvalue weighted by Gasteiger charge is -2.21. The van der Waals surface area contributed by atoms with E-state index in [9.17, 15) is 14.9 Å². The Kier molecular flexibility index (Phi) is 4.52. The average molecular weight is 330 g/mol. The molecule has 0 saturated heterocycles. The highest BCUT2D eigenvalue weighted by Crippen LogP contribution is 2.30. The van der Waals surface area contributed by atoms with Crippen molar-refractivity contribution in [1.29, 1.82) is 0 Å². The molecule has 2 amide bonds. The van der Waals surface area contributed by atoms with E-state index in [0.717, 1.165) is 0 Å². The van der Waals surface area contributed by atoms with Crippen LogP contribution in [0.5, 0.6) is 0 Å². The molecular formula is C12H16BrN3O3. The van der Waals surface area contributed by atoms with E-state index in [2.05, 4.69) is 26.6 Å². The number of carbonyl (C=O) groups excluding carboxylic acids is 1. The van der Waals surface area contributed by atoms with Gasteiger partial charge in [0.05, 0.1) is 10.6 Å². The van der Waals surface area contributed by atoms with E-state index in [-0.39, 0.29) is 11.2 Å². The molecule has 7 heteroatoms. The Balaban J connectivity index is 2.99. The zero-order chi connectivity index (χ0) is 14.8. The molecule has 0 aliphatic heterocycles. The monoisotopic (exact) mass is 329 g/mol. The van der Waals surface area contributed by atoms with Crippen molar-refractivity contribution in [2.24, 2.45) is 0 Å². The zero-order valence-corrected chi connectivity index (χ0v) is 12.8. The lowest BCUT2D eigenvalue weighted by molar-refractivity contribution is -0.385. The van der Waals surface area contributed by atoms with Crippen molar-refractivity contribution in [3.8, 4) is 0 Å². The van der Waals surface area contributed by atoms with Gasteiger partial charge in [0.15, 0.2) is 0 Å². The Morgan fingerprint density at radius 3 is 2.42 bits per heavy atom. The number of hydrogen-bond acceptors (Lipinski definition) is 3. The number of anilines is 1. The average Bonchev–Trinajstić information content (AvgIpc) is 2.18. The number of aryl methyl sites for hydroxylation is 1. The lowest BCUT2D eigenvalue weighted by Crippen LogP contribution is -2.43. The molecule has 2 N–H and O–H groups in total. The molecule has 1 aromatic rings. The van der Waals surface area contributed by atoms with Gasteiger partial charge < -0.3 is 10.6 Å². The summed E-state index contributed by atoms with van der Waals surface area (Å²) >= 11 is 3.27. The van der Waals surface area contributed by atoms with Crippen LogP contribution >= 0.6 is 15.9 Å². The number of hydrogen-bond donors (Lipinski definition) is 2. The van der Waals surface area contributed by atoms with E-state index in [1.165, 1.54) is 6.07 Å². The maximum absolute atomic E-state index is 11.7. The molecule has 0 unspecified atom stereocenters. The van der Waals surface area contributed by atoms with Crippen molar-refractivity contribution in [3.05, 3.63) is 32.3 Å². The van der Waals surface area contributed by atoms with Gasteiger partial charge in [-0.3, -0.25) is 10.1 Å². The number of benzene rings is 1. The molecular weight excluding hydrogens is 314 g/mol. The zero-order valence-electron chi connectivity index (χ0n) is 11.2. The summed E-state index contributed by atoms with van der Waals surface area (Å²) in [4.78, 5) is 22.1. The second kappa shape index (κ2) is 5.56. The van der Waals surface area contributed by atoms with Gasteiger partial charge in [-0.05, 0) is 49.7 Å². The van der Waals surface area contributed by atoms with Gasteiger partial charge in [-0.15, -0.1) is 0 Å². The first-order chi connectivity index (χ1) is 8.60. The topological polar surface area (TPSA) is 84.3 Å². The summed E-state index contributed by atoms with van der Waals surface area (Å²) in [5, 5.41) is 16.2. The second-order valence-corrected chi connectivity index (χ2v) is 6.06. The molecule has 19 heavy (non-hydrogen) atoms. The van der Waals surface area contributed by atoms with Crippen molar-refractivity contribution >= 4 is 33.3 Å². The first-order valence-corrected chi connectivity index (χ1v) is 6.43. The van der Waals surface area contributed by atoms with Gasteiger partial charge in [-0.25, -0.2) is 4.79 Å². The Labute approximate surface area is 119 Å². The smallest absolute Gasteiger partial charge is 0.319 e. The molecule has 0 aliphatic carbocycles. The van der Waals surface area contributed by atoms with Crippen LogP contribution in [0.1, 0.15) is 26.3 Å². The summed E-state index contributed by atoms with van der Waals surface area (Å²) in [6.07, 6.45) is 0. The molecule has 0 bridgehead atoms. The van der Waals surface area contributed by atoms with Crippen LogP contribution in [-0.4, -0.2) is 16.5 Å². The van der Waals surface area contributed by atoms with E-state index in [4.69, 9.17) is 0 Å². The standard InChI is InChI=1S/C12H16BrN3O3/c1-7-5-8(13)9(6-10(7)16(18)19)14-11(17)15-12(2,3)4/h5-6H,1-4H3,(H2,14,15,17). The molecule has 0 atom stereocenters. The van der Waals surface area contributed by atoms with Crippen LogP contribution in [0, 0.1) is 17.0 Å². The fourth-order valence-electron chi connectivity index (χ4n) is 1.45. The van der Waals surface area contributed by atoms with Crippen molar-refractivity contribution in [2.45, 2.75) is 33.2 Å². The number of amides is 2. The van der Waals surface area contributed by atoms with E-state index in [1.54, 1.807) is 13.0 Å². The summed E-state index contributed by atoms with van der Waals surface area (Å²) < 4.78 is 0.597. The van der Waals surface area contributed by atoms with E-state index in [1.807, 2.05) is 20.8 Å². The third-order valence-electron chi connectivity index (χ3n) is 2.22. The SMILES string of the molecule is Cc1cc(Br)c(NC(=O)NC(C)(C)C)cc1[N+](=O)[O-]. The molecule has 0 fully saturated rings. The number of carbonyl (C=O) groups is 1. The molecule has 0 radical (unpaired) electrons. The summed E-state index contributed by atoms with van der Waals surface area (Å²) in [5.74, 6) is 0.